The van der Waals surface area contributed by atoms with Crippen LogP contribution < -0.4 is 10.1 Å². The quantitative estimate of drug-likeness (QED) is 0.706. The second-order valence-corrected chi connectivity index (χ2v) is 3.72. The molecule has 0 radical (unpaired) electrons. The monoisotopic (exact) mass is 307 g/mol. The van der Waals surface area contributed by atoms with Crippen molar-refractivity contribution in [1.82, 2.24) is 5.32 Å². The minimum absolute atomic E-state index is 0.0440. The number of ether oxygens (including phenoxy) is 2. The van der Waals surface area contributed by atoms with Crippen LogP contribution in [0, 0.1) is 5.82 Å². The van der Waals surface area contributed by atoms with Crippen molar-refractivity contribution in [3.8, 4) is 5.75 Å². The third-order valence-electron chi connectivity index (χ3n) is 2.16. The molecule has 0 aliphatic heterocycles. The molecule has 0 aromatic heterocycles. The van der Waals surface area contributed by atoms with Crippen LogP contribution in [0.15, 0.2) is 18.2 Å². The first kappa shape index (κ1) is 16.8. The van der Waals surface area contributed by atoms with Gasteiger partial charge >= 0.3 is 12.6 Å². The smallest absolute Gasteiger partial charge is 0.387 e. The van der Waals surface area contributed by atoms with E-state index in [9.17, 15) is 22.8 Å². The number of carboxylic acid groups (broad SMARTS) is 1. The van der Waals surface area contributed by atoms with Crippen LogP contribution in [0.25, 0.3) is 0 Å². The highest BCUT2D eigenvalue weighted by Crippen LogP contribution is 2.21. The molecule has 21 heavy (non-hydrogen) atoms. The first-order valence-electron chi connectivity index (χ1n) is 5.72. The average Bonchev–Trinajstić information content (AvgIpc) is 2.37. The van der Waals surface area contributed by atoms with E-state index in [-0.39, 0.29) is 18.7 Å². The Morgan fingerprint density at radius 3 is 2.67 bits per heavy atom. The zero-order valence-electron chi connectivity index (χ0n) is 10.6. The molecule has 116 valence electrons. The van der Waals surface area contributed by atoms with Crippen molar-refractivity contribution in [2.24, 2.45) is 0 Å². The topological polar surface area (TPSA) is 84.9 Å². The number of halogens is 3. The second kappa shape index (κ2) is 8.10. The van der Waals surface area contributed by atoms with Gasteiger partial charge in [-0.2, -0.15) is 8.78 Å². The summed E-state index contributed by atoms with van der Waals surface area (Å²) in [5.74, 6) is -3.35. The van der Waals surface area contributed by atoms with Gasteiger partial charge < -0.3 is 19.9 Å². The van der Waals surface area contributed by atoms with Crippen molar-refractivity contribution in [2.75, 3.05) is 19.8 Å². The van der Waals surface area contributed by atoms with Crippen LogP contribution in [0.3, 0.4) is 0 Å². The van der Waals surface area contributed by atoms with Gasteiger partial charge in [0.1, 0.15) is 18.2 Å². The largest absolute Gasteiger partial charge is 0.480 e. The molecule has 0 heterocycles. The lowest BCUT2D eigenvalue weighted by molar-refractivity contribution is -0.142. The van der Waals surface area contributed by atoms with Crippen LogP contribution in [0.2, 0.25) is 0 Å². The highest BCUT2D eigenvalue weighted by molar-refractivity contribution is 5.96. The van der Waals surface area contributed by atoms with E-state index in [4.69, 9.17) is 5.11 Å². The second-order valence-electron chi connectivity index (χ2n) is 3.72. The van der Waals surface area contributed by atoms with Crippen LogP contribution in [0.1, 0.15) is 10.4 Å². The summed E-state index contributed by atoms with van der Waals surface area (Å²) in [7, 11) is 0. The Labute approximate surface area is 117 Å². The summed E-state index contributed by atoms with van der Waals surface area (Å²) in [6.07, 6.45) is 0. The maximum absolute atomic E-state index is 13.0. The lowest BCUT2D eigenvalue weighted by atomic mass is 10.2. The standard InChI is InChI=1S/C12H12F3NO5/c13-7-1-2-8(9(5-7)21-12(14)15)11(19)16-3-4-20-6-10(17)18/h1-2,5,12H,3-4,6H2,(H,16,19)(H,17,18). The summed E-state index contributed by atoms with van der Waals surface area (Å²) in [4.78, 5) is 21.9. The average molecular weight is 307 g/mol. The predicted molar refractivity (Wildman–Crippen MR) is 63.8 cm³/mol. The molecule has 0 aliphatic rings. The summed E-state index contributed by atoms with van der Waals surface area (Å²) >= 11 is 0. The highest BCUT2D eigenvalue weighted by atomic mass is 19.3. The molecule has 0 spiro atoms. The van der Waals surface area contributed by atoms with Crippen molar-refractivity contribution < 1.29 is 37.3 Å². The van der Waals surface area contributed by atoms with E-state index >= 15 is 0 Å². The Morgan fingerprint density at radius 2 is 2.05 bits per heavy atom. The third-order valence-corrected chi connectivity index (χ3v) is 2.16. The summed E-state index contributed by atoms with van der Waals surface area (Å²) in [5, 5.41) is 10.6. The molecule has 0 saturated carbocycles. The first-order chi connectivity index (χ1) is 9.90. The van der Waals surface area contributed by atoms with Gasteiger partial charge in [0.25, 0.3) is 5.91 Å². The van der Waals surface area contributed by atoms with E-state index < -0.39 is 36.7 Å². The van der Waals surface area contributed by atoms with Crippen LogP contribution in [-0.2, 0) is 9.53 Å². The Bertz CT molecular complexity index is 510. The zero-order chi connectivity index (χ0) is 15.8. The normalized spacial score (nSPS) is 10.5. The molecular formula is C12H12F3NO5. The summed E-state index contributed by atoms with van der Waals surface area (Å²) in [6.45, 7) is -3.84. The van der Waals surface area contributed by atoms with Gasteiger partial charge in [-0.3, -0.25) is 4.79 Å². The molecule has 1 aromatic carbocycles. The molecule has 0 fully saturated rings. The molecule has 9 heteroatoms. The number of rotatable bonds is 8. The van der Waals surface area contributed by atoms with Crippen molar-refractivity contribution in [3.05, 3.63) is 29.6 Å². The number of carbonyl (C=O) groups excluding carboxylic acids is 1. The molecule has 6 nitrogen and oxygen atoms in total. The molecule has 0 aliphatic carbocycles. The number of aliphatic carboxylic acids is 1. The Kier molecular flexibility index (Phi) is 6.47. The van der Waals surface area contributed by atoms with Gasteiger partial charge in [0, 0.05) is 12.6 Å². The van der Waals surface area contributed by atoms with Gasteiger partial charge in [0.2, 0.25) is 0 Å². The van der Waals surface area contributed by atoms with Gasteiger partial charge in [-0.1, -0.05) is 0 Å². The number of nitrogens with one attached hydrogen (secondary N) is 1. The van der Waals surface area contributed by atoms with Gasteiger partial charge in [0.05, 0.1) is 12.2 Å². The fraction of sp³-hybridized carbons (Fsp3) is 0.333. The molecule has 1 rings (SSSR count). The number of hydrogen-bond donors (Lipinski definition) is 2. The summed E-state index contributed by atoms with van der Waals surface area (Å²) < 4.78 is 46.0. The van der Waals surface area contributed by atoms with E-state index in [0.29, 0.717) is 6.07 Å². The number of carboxylic acids is 1. The SMILES string of the molecule is O=C(O)COCCNC(=O)c1ccc(F)cc1OC(F)F. The number of hydrogen-bond acceptors (Lipinski definition) is 4. The van der Waals surface area contributed by atoms with Crippen LogP contribution >= 0.6 is 0 Å². The number of amides is 1. The number of alkyl halides is 2. The molecule has 1 amide bonds. The van der Waals surface area contributed by atoms with E-state index in [0.717, 1.165) is 12.1 Å². The molecular weight excluding hydrogens is 295 g/mol. The zero-order valence-corrected chi connectivity index (χ0v) is 10.6. The van der Waals surface area contributed by atoms with E-state index in [1.165, 1.54) is 0 Å². The number of carbonyl (C=O) groups is 2. The fourth-order valence-corrected chi connectivity index (χ4v) is 1.37. The first-order valence-corrected chi connectivity index (χ1v) is 5.72. The molecule has 0 bridgehead atoms. The minimum atomic E-state index is -3.20. The van der Waals surface area contributed by atoms with E-state index in [1.54, 1.807) is 0 Å². The van der Waals surface area contributed by atoms with Crippen LogP contribution in [-0.4, -0.2) is 43.4 Å². The van der Waals surface area contributed by atoms with Crippen molar-refractivity contribution in [3.63, 3.8) is 0 Å². The van der Waals surface area contributed by atoms with E-state index in [2.05, 4.69) is 14.8 Å². The van der Waals surface area contributed by atoms with Crippen molar-refractivity contribution >= 4 is 11.9 Å². The molecule has 0 unspecified atom stereocenters. The van der Waals surface area contributed by atoms with Gasteiger partial charge in [-0.05, 0) is 12.1 Å². The maximum atomic E-state index is 13.0. The molecule has 2 N–H and O–H groups in total. The Morgan fingerprint density at radius 1 is 1.33 bits per heavy atom. The fourth-order valence-electron chi connectivity index (χ4n) is 1.37. The lowest BCUT2D eigenvalue weighted by Crippen LogP contribution is -2.28. The van der Waals surface area contributed by atoms with Gasteiger partial charge in [-0.25, -0.2) is 9.18 Å². The third kappa shape index (κ3) is 6.13. The molecule has 0 saturated heterocycles. The van der Waals surface area contributed by atoms with Crippen molar-refractivity contribution in [2.45, 2.75) is 6.61 Å². The molecule has 0 atom stereocenters. The van der Waals surface area contributed by atoms with Crippen molar-refractivity contribution in [1.29, 1.82) is 0 Å². The van der Waals surface area contributed by atoms with Gasteiger partial charge in [-0.15, -0.1) is 0 Å². The lowest BCUT2D eigenvalue weighted by Gasteiger charge is -2.11. The summed E-state index contributed by atoms with van der Waals surface area (Å²) in [5.41, 5.74) is -0.269. The summed E-state index contributed by atoms with van der Waals surface area (Å²) in [6, 6.07) is 2.59. The molecule has 1 aromatic rings. The maximum Gasteiger partial charge on any atom is 0.387 e. The predicted octanol–water partition coefficient (Wildman–Crippen LogP) is 1.26. The Balaban J connectivity index is 2.58. The highest BCUT2D eigenvalue weighted by Gasteiger charge is 2.16. The Hall–Kier alpha value is -2.29. The van der Waals surface area contributed by atoms with E-state index in [1.807, 2.05) is 0 Å². The van der Waals surface area contributed by atoms with Crippen LogP contribution in [0.5, 0.6) is 5.75 Å². The number of benzene rings is 1. The van der Waals surface area contributed by atoms with Gasteiger partial charge in [0.15, 0.2) is 0 Å². The minimum Gasteiger partial charge on any atom is -0.480 e. The van der Waals surface area contributed by atoms with Crippen LogP contribution in [0.4, 0.5) is 13.2 Å².